The Morgan fingerprint density at radius 2 is 1.84 bits per heavy atom. The fourth-order valence-corrected chi connectivity index (χ4v) is 2.30. The fraction of sp³-hybridized carbons (Fsp3) is 0.750. The van der Waals surface area contributed by atoms with Crippen LogP contribution < -0.4 is 5.32 Å². The van der Waals surface area contributed by atoms with Gasteiger partial charge in [0.2, 0.25) is 0 Å². The molecule has 0 bridgehead atoms. The second-order valence-electron chi connectivity index (χ2n) is 4.97. The molecule has 7 heteroatoms. The van der Waals surface area contributed by atoms with Gasteiger partial charge in [-0.3, -0.25) is 4.79 Å². The first-order valence-electron chi connectivity index (χ1n) is 6.36. The van der Waals surface area contributed by atoms with Crippen LogP contribution >= 0.6 is 0 Å². The van der Waals surface area contributed by atoms with Gasteiger partial charge in [0.1, 0.15) is 6.04 Å². The summed E-state index contributed by atoms with van der Waals surface area (Å²) < 4.78 is 0. The largest absolute Gasteiger partial charge is 0.481 e. The second-order valence-corrected chi connectivity index (χ2v) is 4.97. The van der Waals surface area contributed by atoms with Crippen molar-refractivity contribution in [1.29, 1.82) is 0 Å². The van der Waals surface area contributed by atoms with Crippen LogP contribution in [0.4, 0.5) is 4.79 Å². The average Bonchev–Trinajstić information content (AvgIpc) is 2.79. The highest BCUT2D eigenvalue weighted by Gasteiger charge is 2.25. The zero-order chi connectivity index (χ0) is 14.4. The van der Waals surface area contributed by atoms with E-state index in [4.69, 9.17) is 10.2 Å². The van der Waals surface area contributed by atoms with Crippen molar-refractivity contribution in [2.45, 2.75) is 38.1 Å². The Balaban J connectivity index is 2.45. The highest BCUT2D eigenvalue weighted by molar-refractivity contribution is 5.86. The van der Waals surface area contributed by atoms with Crippen molar-refractivity contribution in [2.75, 3.05) is 13.6 Å². The van der Waals surface area contributed by atoms with E-state index in [1.54, 1.807) is 7.05 Å². The summed E-state index contributed by atoms with van der Waals surface area (Å²) in [7, 11) is 1.59. The Morgan fingerprint density at radius 1 is 1.26 bits per heavy atom. The van der Waals surface area contributed by atoms with Crippen LogP contribution in [0.25, 0.3) is 0 Å². The number of rotatable bonds is 6. The molecule has 1 aliphatic carbocycles. The third-order valence-electron chi connectivity index (χ3n) is 3.33. The number of hydrogen-bond acceptors (Lipinski definition) is 3. The molecule has 19 heavy (non-hydrogen) atoms. The van der Waals surface area contributed by atoms with E-state index < -0.39 is 30.4 Å². The standard InChI is InChI=1S/C12H20N2O5/c1-14(7-8-4-2-3-5-8)12(19)13-9(11(17)18)6-10(15)16/h8-9H,2-7H2,1H3,(H,13,19)(H,15,16)(H,17,18)/t9-/m1/s1. The molecule has 1 atom stereocenters. The molecule has 0 aromatic carbocycles. The molecule has 0 heterocycles. The Hall–Kier alpha value is -1.79. The minimum atomic E-state index is -1.39. The summed E-state index contributed by atoms with van der Waals surface area (Å²) >= 11 is 0. The van der Waals surface area contributed by atoms with E-state index in [9.17, 15) is 14.4 Å². The van der Waals surface area contributed by atoms with E-state index in [0.29, 0.717) is 12.5 Å². The molecule has 1 saturated carbocycles. The zero-order valence-electron chi connectivity index (χ0n) is 11.0. The number of amides is 2. The third-order valence-corrected chi connectivity index (χ3v) is 3.33. The first-order chi connectivity index (χ1) is 8.90. The number of carbonyl (C=O) groups excluding carboxylic acids is 1. The fourth-order valence-electron chi connectivity index (χ4n) is 2.30. The molecule has 0 aliphatic heterocycles. The molecule has 108 valence electrons. The van der Waals surface area contributed by atoms with E-state index >= 15 is 0 Å². The summed E-state index contributed by atoms with van der Waals surface area (Å²) in [6.45, 7) is 0.575. The molecule has 0 aromatic heterocycles. The number of carboxylic acid groups (broad SMARTS) is 2. The lowest BCUT2D eigenvalue weighted by atomic mass is 10.1. The Morgan fingerprint density at radius 3 is 2.32 bits per heavy atom. The van der Waals surface area contributed by atoms with E-state index in [1.807, 2.05) is 0 Å². The molecular formula is C12H20N2O5. The number of carboxylic acids is 2. The molecule has 1 aliphatic rings. The number of nitrogens with one attached hydrogen (secondary N) is 1. The van der Waals surface area contributed by atoms with Gasteiger partial charge in [-0.2, -0.15) is 0 Å². The molecule has 1 rings (SSSR count). The van der Waals surface area contributed by atoms with E-state index in [0.717, 1.165) is 25.7 Å². The molecule has 0 saturated heterocycles. The molecule has 7 nitrogen and oxygen atoms in total. The number of nitrogens with zero attached hydrogens (tertiary/aromatic N) is 1. The number of urea groups is 1. The van der Waals surface area contributed by atoms with Gasteiger partial charge in [-0.25, -0.2) is 9.59 Å². The van der Waals surface area contributed by atoms with Gasteiger partial charge >= 0.3 is 18.0 Å². The molecular weight excluding hydrogens is 252 g/mol. The van der Waals surface area contributed by atoms with Gasteiger partial charge in [0, 0.05) is 13.6 Å². The van der Waals surface area contributed by atoms with Crippen LogP contribution in [-0.2, 0) is 9.59 Å². The lowest BCUT2D eigenvalue weighted by Crippen LogP contribution is -2.48. The van der Waals surface area contributed by atoms with E-state index in [1.165, 1.54) is 4.90 Å². The molecule has 0 unspecified atom stereocenters. The number of aliphatic carboxylic acids is 2. The predicted octanol–water partition coefficient (Wildman–Crippen LogP) is 0.746. The van der Waals surface area contributed by atoms with Gasteiger partial charge < -0.3 is 20.4 Å². The van der Waals surface area contributed by atoms with Crippen molar-refractivity contribution in [3.63, 3.8) is 0 Å². The van der Waals surface area contributed by atoms with Crippen LogP contribution in [0.5, 0.6) is 0 Å². The maximum atomic E-state index is 11.8. The van der Waals surface area contributed by atoms with Gasteiger partial charge in [-0.15, -0.1) is 0 Å². The first-order valence-corrected chi connectivity index (χ1v) is 6.36. The van der Waals surface area contributed by atoms with E-state index in [2.05, 4.69) is 5.32 Å². The van der Waals surface area contributed by atoms with Gasteiger partial charge in [0.05, 0.1) is 6.42 Å². The minimum Gasteiger partial charge on any atom is -0.481 e. The van der Waals surface area contributed by atoms with Crippen molar-refractivity contribution in [3.05, 3.63) is 0 Å². The first kappa shape index (κ1) is 15.3. The second kappa shape index (κ2) is 6.96. The summed E-state index contributed by atoms with van der Waals surface area (Å²) in [4.78, 5) is 34.6. The van der Waals surface area contributed by atoms with Crippen LogP contribution in [0.1, 0.15) is 32.1 Å². The lowest BCUT2D eigenvalue weighted by Gasteiger charge is -2.23. The van der Waals surface area contributed by atoms with Crippen LogP contribution in [0.15, 0.2) is 0 Å². The third kappa shape index (κ3) is 5.15. The Bertz CT molecular complexity index is 352. The quantitative estimate of drug-likeness (QED) is 0.661. The summed E-state index contributed by atoms with van der Waals surface area (Å²) in [6.07, 6.45) is 3.86. The van der Waals surface area contributed by atoms with Crippen molar-refractivity contribution < 1.29 is 24.6 Å². The van der Waals surface area contributed by atoms with Crippen molar-refractivity contribution >= 4 is 18.0 Å². The maximum Gasteiger partial charge on any atom is 0.326 e. The Labute approximate surface area is 111 Å². The van der Waals surface area contributed by atoms with Crippen LogP contribution in [0, 0.1) is 5.92 Å². The van der Waals surface area contributed by atoms with Crippen LogP contribution in [0.3, 0.4) is 0 Å². The maximum absolute atomic E-state index is 11.8. The van der Waals surface area contributed by atoms with Crippen LogP contribution in [0.2, 0.25) is 0 Å². The molecule has 2 amide bonds. The van der Waals surface area contributed by atoms with Crippen molar-refractivity contribution in [2.24, 2.45) is 5.92 Å². The molecule has 0 radical (unpaired) electrons. The van der Waals surface area contributed by atoms with Crippen molar-refractivity contribution in [3.8, 4) is 0 Å². The average molecular weight is 272 g/mol. The lowest BCUT2D eigenvalue weighted by molar-refractivity contribution is -0.145. The highest BCUT2D eigenvalue weighted by Crippen LogP contribution is 2.25. The van der Waals surface area contributed by atoms with Gasteiger partial charge in [-0.05, 0) is 18.8 Å². The smallest absolute Gasteiger partial charge is 0.326 e. The van der Waals surface area contributed by atoms with Crippen LogP contribution in [-0.4, -0.2) is 52.7 Å². The molecule has 0 spiro atoms. The van der Waals surface area contributed by atoms with Gasteiger partial charge in [0.15, 0.2) is 0 Å². The topological polar surface area (TPSA) is 107 Å². The predicted molar refractivity (Wildman–Crippen MR) is 66.8 cm³/mol. The normalized spacial score (nSPS) is 16.9. The minimum absolute atomic E-state index is 0.457. The number of hydrogen-bond donors (Lipinski definition) is 3. The van der Waals surface area contributed by atoms with E-state index in [-0.39, 0.29) is 0 Å². The van der Waals surface area contributed by atoms with Gasteiger partial charge in [-0.1, -0.05) is 12.8 Å². The van der Waals surface area contributed by atoms with Crippen molar-refractivity contribution in [1.82, 2.24) is 10.2 Å². The summed E-state index contributed by atoms with van der Waals surface area (Å²) in [5, 5.41) is 19.7. The molecule has 0 aromatic rings. The SMILES string of the molecule is CN(CC1CCCC1)C(=O)N[C@H](CC(=O)O)C(=O)O. The summed E-state index contributed by atoms with van der Waals surface area (Å²) in [5.74, 6) is -2.14. The van der Waals surface area contributed by atoms with Gasteiger partial charge in [0.25, 0.3) is 0 Å². The summed E-state index contributed by atoms with van der Waals surface area (Å²) in [5.41, 5.74) is 0. The summed E-state index contributed by atoms with van der Waals surface area (Å²) in [6, 6.07) is -1.93. The number of carbonyl (C=O) groups is 3. The molecule has 3 N–H and O–H groups in total. The monoisotopic (exact) mass is 272 g/mol. The molecule has 1 fully saturated rings. The Kier molecular flexibility index (Phi) is 5.59. The highest BCUT2D eigenvalue weighted by atomic mass is 16.4. The zero-order valence-corrected chi connectivity index (χ0v) is 11.0.